The Morgan fingerprint density at radius 1 is 0.683 bits per heavy atom. The maximum atomic E-state index is 14.5. The number of aromatic nitrogens is 1. The van der Waals surface area contributed by atoms with Gasteiger partial charge in [-0.1, -0.05) is 66.7 Å². The van der Waals surface area contributed by atoms with Crippen LogP contribution in [0, 0.1) is 39.5 Å². The quantitative estimate of drug-likeness (QED) is 0.0783. The second-order valence-corrected chi connectivity index (χ2v) is 9.26. The van der Waals surface area contributed by atoms with Crippen molar-refractivity contribution in [3.8, 4) is 39.6 Å². The minimum Gasteiger partial charge on any atom is -0.396 e. The highest BCUT2D eigenvalue weighted by Crippen LogP contribution is 2.40. The first-order valence-corrected chi connectivity index (χ1v) is 12.3. The predicted molar refractivity (Wildman–Crippen MR) is 150 cm³/mol. The van der Waals surface area contributed by atoms with Gasteiger partial charge in [0.15, 0.2) is 23.3 Å². The summed E-state index contributed by atoms with van der Waals surface area (Å²) in [5.41, 5.74) is 8.02. The van der Waals surface area contributed by atoms with Gasteiger partial charge in [-0.2, -0.15) is 5.26 Å². The fourth-order valence-corrected chi connectivity index (χ4v) is 4.99. The zero-order chi connectivity index (χ0) is 28.8. The third-order valence-corrected chi connectivity index (χ3v) is 7.02. The Kier molecular flexibility index (Phi) is 6.16. The van der Waals surface area contributed by atoms with Gasteiger partial charge in [0.25, 0.3) is 0 Å². The third kappa shape index (κ3) is 4.05. The van der Waals surface area contributed by atoms with Gasteiger partial charge in [0.2, 0.25) is 0 Å². The Balaban J connectivity index is 1.40. The molecule has 1 heterocycles. The zero-order valence-electron chi connectivity index (χ0n) is 20.9. The molecule has 0 bridgehead atoms. The number of hydrogen-bond donors (Lipinski definition) is 1. The van der Waals surface area contributed by atoms with Gasteiger partial charge in [0.1, 0.15) is 17.3 Å². The molecule has 0 saturated carbocycles. The summed E-state index contributed by atoms with van der Waals surface area (Å²) < 4.78 is 57.3. The van der Waals surface area contributed by atoms with Crippen molar-refractivity contribution < 1.29 is 17.6 Å². The van der Waals surface area contributed by atoms with E-state index in [1.54, 1.807) is 24.3 Å². The van der Waals surface area contributed by atoms with Crippen LogP contribution in [0.15, 0.2) is 90.1 Å². The number of nitriles is 1. The van der Waals surface area contributed by atoms with Crippen LogP contribution in [0.25, 0.3) is 55.2 Å². The van der Waals surface area contributed by atoms with Crippen LogP contribution in [0.5, 0.6) is 0 Å². The number of halogens is 4. The van der Waals surface area contributed by atoms with Crippen LogP contribution in [-0.2, 0) is 0 Å². The second-order valence-electron chi connectivity index (χ2n) is 9.26. The number of hydrogen-bond acceptors (Lipinski definition) is 5. The van der Waals surface area contributed by atoms with Gasteiger partial charge < -0.3 is 5.73 Å². The summed E-state index contributed by atoms with van der Waals surface area (Å²) in [5, 5.41) is 14.1. The summed E-state index contributed by atoms with van der Waals surface area (Å²) in [6.07, 6.45) is 0. The molecule has 6 aromatic rings. The van der Waals surface area contributed by atoms with E-state index in [2.05, 4.69) is 5.18 Å². The van der Waals surface area contributed by atoms with E-state index < -0.39 is 34.4 Å². The summed E-state index contributed by atoms with van der Waals surface area (Å²) in [7, 11) is 0. The van der Waals surface area contributed by atoms with Gasteiger partial charge in [-0.25, -0.2) is 22.5 Å². The van der Waals surface area contributed by atoms with Gasteiger partial charge in [-0.05, 0) is 40.1 Å². The minimum atomic E-state index is -1.74. The maximum absolute atomic E-state index is 14.5. The van der Waals surface area contributed by atoms with Gasteiger partial charge in [-0.15, -0.1) is 4.91 Å². The molecule has 198 valence electrons. The number of anilines is 1. The Morgan fingerprint density at radius 2 is 1.24 bits per heavy atom. The minimum absolute atomic E-state index is 0.0868. The highest BCUT2D eigenvalue weighted by Gasteiger charge is 2.26. The van der Waals surface area contributed by atoms with Crippen molar-refractivity contribution in [1.82, 2.24) is 4.98 Å². The topological polar surface area (TPSA) is 92.1 Å². The molecular weight excluding hydrogens is 532 g/mol. The fourth-order valence-electron chi connectivity index (χ4n) is 4.99. The molecule has 0 saturated heterocycles. The lowest BCUT2D eigenvalue weighted by atomic mass is 9.95. The van der Waals surface area contributed by atoms with Crippen molar-refractivity contribution in [2.24, 2.45) is 5.18 Å². The number of para-hydroxylation sites is 1. The summed E-state index contributed by atoms with van der Waals surface area (Å²) in [5.74, 6) is -6.75. The van der Waals surface area contributed by atoms with E-state index in [4.69, 9.17) is 16.0 Å². The van der Waals surface area contributed by atoms with Crippen LogP contribution in [-0.4, -0.2) is 4.98 Å². The van der Waals surface area contributed by atoms with Crippen LogP contribution in [0.4, 0.5) is 28.9 Å². The average molecular weight is 548 g/mol. The van der Waals surface area contributed by atoms with E-state index in [0.717, 1.165) is 28.0 Å². The van der Waals surface area contributed by atoms with Crippen molar-refractivity contribution in [2.75, 3.05) is 5.73 Å². The van der Waals surface area contributed by atoms with Crippen LogP contribution in [0.1, 0.15) is 5.56 Å². The number of benzene rings is 5. The fraction of sp³-hybridized carbons (Fsp3) is 0. The first-order valence-electron chi connectivity index (χ1n) is 12.3. The molecule has 5 nitrogen and oxygen atoms in total. The van der Waals surface area contributed by atoms with Crippen molar-refractivity contribution >= 4 is 33.1 Å². The van der Waals surface area contributed by atoms with Gasteiger partial charge in [-0.3, -0.25) is 0 Å². The molecule has 0 amide bonds. The number of nitrogens with two attached hydrogens (primary N) is 1. The van der Waals surface area contributed by atoms with Crippen molar-refractivity contribution in [1.29, 1.82) is 5.26 Å². The van der Waals surface area contributed by atoms with Crippen LogP contribution in [0.3, 0.4) is 0 Å². The van der Waals surface area contributed by atoms with Gasteiger partial charge >= 0.3 is 0 Å². The summed E-state index contributed by atoms with van der Waals surface area (Å²) >= 11 is 0. The normalized spacial score (nSPS) is 11.1. The summed E-state index contributed by atoms with van der Waals surface area (Å²) in [6, 6.07) is 25.1. The third-order valence-electron chi connectivity index (χ3n) is 7.02. The smallest absolute Gasteiger partial charge is 0.180 e. The number of rotatable bonds is 4. The first kappa shape index (κ1) is 25.6. The predicted octanol–water partition coefficient (Wildman–Crippen LogP) is 8.80. The van der Waals surface area contributed by atoms with E-state index in [1.807, 2.05) is 48.5 Å². The lowest BCUT2D eigenvalue weighted by Gasteiger charge is -2.13. The lowest BCUT2D eigenvalue weighted by Crippen LogP contribution is -2.03. The number of pyridine rings is 1. The molecule has 41 heavy (non-hydrogen) atoms. The van der Waals surface area contributed by atoms with Crippen LogP contribution >= 0.6 is 0 Å². The van der Waals surface area contributed by atoms with Crippen molar-refractivity contribution in [3.05, 3.63) is 119 Å². The molecule has 6 rings (SSSR count). The Hall–Kier alpha value is -5.62. The largest absolute Gasteiger partial charge is 0.396 e. The molecule has 0 spiro atoms. The van der Waals surface area contributed by atoms with Crippen LogP contribution < -0.4 is 5.73 Å². The molecule has 0 aliphatic heterocycles. The van der Waals surface area contributed by atoms with Gasteiger partial charge in [0.05, 0.1) is 22.5 Å². The average Bonchev–Trinajstić information content (AvgIpc) is 3.00. The van der Waals surface area contributed by atoms with Gasteiger partial charge in [0, 0.05) is 21.7 Å². The Morgan fingerprint density at radius 3 is 1.83 bits per heavy atom. The molecule has 2 N–H and O–H groups in total. The molecule has 0 atom stereocenters. The zero-order valence-corrected chi connectivity index (χ0v) is 20.9. The maximum Gasteiger partial charge on any atom is 0.180 e. The highest BCUT2D eigenvalue weighted by atomic mass is 19.2. The molecule has 9 heteroatoms. The SMILES string of the molecule is N#Cc1c(F)c(F)c(-c2ccc(-c3ccc(-c4nc5ccccc5c5c(N)c(N=O)ccc45)cc3)cc2)c(F)c1F. The number of nitroso groups, excluding NO2 is 1. The monoisotopic (exact) mass is 548 g/mol. The summed E-state index contributed by atoms with van der Waals surface area (Å²) in [4.78, 5) is 16.1. The van der Waals surface area contributed by atoms with E-state index in [1.165, 1.54) is 12.1 Å². The van der Waals surface area contributed by atoms with E-state index in [0.29, 0.717) is 22.2 Å². The van der Waals surface area contributed by atoms with E-state index in [-0.39, 0.29) is 16.9 Å². The Labute approximate surface area is 230 Å². The molecule has 5 aromatic carbocycles. The number of fused-ring (bicyclic) bond motifs is 3. The molecular formula is C32H16F4N4O. The van der Waals surface area contributed by atoms with Crippen molar-refractivity contribution in [3.63, 3.8) is 0 Å². The first-order chi connectivity index (χ1) is 19.8. The number of nitrogens with zero attached hydrogens (tertiary/aromatic N) is 3. The molecule has 1 aromatic heterocycles. The molecule has 0 fully saturated rings. The molecule has 0 aliphatic carbocycles. The van der Waals surface area contributed by atoms with Crippen molar-refractivity contribution in [2.45, 2.75) is 0 Å². The Bertz CT molecular complexity index is 2040. The number of nitrogen functional groups attached to an aromatic ring is 1. The van der Waals surface area contributed by atoms with E-state index >= 15 is 0 Å². The highest BCUT2D eigenvalue weighted by molar-refractivity contribution is 6.17. The van der Waals surface area contributed by atoms with E-state index in [9.17, 15) is 22.5 Å². The van der Waals surface area contributed by atoms with Crippen LogP contribution in [0.2, 0.25) is 0 Å². The molecule has 0 radical (unpaired) electrons. The standard InChI is InChI=1S/C32H16F4N4O/c33-27-22(15-37)28(34)30(36)25(29(27)35)18-9-5-16(6-10-18)17-7-11-19(12-8-17)32-21-13-14-24(40-41)31(38)26(21)20-3-1-2-4-23(20)39-32/h1-14H,38H2. The lowest BCUT2D eigenvalue weighted by molar-refractivity contribution is 0.454. The molecule has 0 unspecified atom stereocenters. The summed E-state index contributed by atoms with van der Waals surface area (Å²) in [6.45, 7) is 0. The second kappa shape index (κ2) is 9.84. The molecule has 0 aliphatic rings.